The van der Waals surface area contributed by atoms with E-state index in [0.29, 0.717) is 13.0 Å². The van der Waals surface area contributed by atoms with E-state index in [0.717, 1.165) is 0 Å². The normalized spacial score (nSPS) is 14.9. The van der Waals surface area contributed by atoms with E-state index in [2.05, 4.69) is 10.6 Å². The molecule has 2 atom stereocenters. The van der Waals surface area contributed by atoms with Gasteiger partial charge in [0.25, 0.3) is 0 Å². The van der Waals surface area contributed by atoms with Crippen molar-refractivity contribution in [2.45, 2.75) is 25.4 Å². The van der Waals surface area contributed by atoms with E-state index in [1.54, 1.807) is 21.1 Å². The molecule has 0 radical (unpaired) electrons. The van der Waals surface area contributed by atoms with Gasteiger partial charge in [-0.15, -0.1) is 0 Å². The van der Waals surface area contributed by atoms with Gasteiger partial charge in [0.05, 0.1) is 12.6 Å². The maximum absolute atomic E-state index is 11.2. The third kappa shape index (κ3) is 5.16. The minimum atomic E-state index is -0.272. The number of aliphatic hydroxyl groups is 1. The van der Waals surface area contributed by atoms with Gasteiger partial charge in [-0.05, 0) is 13.3 Å². The van der Waals surface area contributed by atoms with Crippen LogP contribution in [0.4, 0.5) is 0 Å². The number of nitrogens with one attached hydrogen (secondary N) is 2. The fourth-order valence-electron chi connectivity index (χ4n) is 1.22. The number of aliphatic hydroxyl groups excluding tert-OH is 1. The van der Waals surface area contributed by atoms with Gasteiger partial charge in [0.2, 0.25) is 5.91 Å². The highest BCUT2D eigenvalue weighted by Crippen LogP contribution is 1.94. The Labute approximate surface area is 84.8 Å². The summed E-state index contributed by atoms with van der Waals surface area (Å²) in [7, 11) is 3.19. The summed E-state index contributed by atoms with van der Waals surface area (Å²) in [6.45, 7) is 2.35. The predicted molar refractivity (Wildman–Crippen MR) is 54.0 cm³/mol. The van der Waals surface area contributed by atoms with Crippen LogP contribution in [-0.2, 0) is 9.53 Å². The average molecular weight is 204 g/mol. The molecule has 0 aromatic carbocycles. The Kier molecular flexibility index (Phi) is 7.37. The van der Waals surface area contributed by atoms with Gasteiger partial charge in [0.15, 0.2) is 0 Å². The number of hydrogen-bond acceptors (Lipinski definition) is 4. The fraction of sp³-hybridized carbons (Fsp3) is 0.889. The quantitative estimate of drug-likeness (QED) is 0.503. The number of likely N-dealkylation sites (N-methyl/N-ethyl adjacent to an activating group) is 1. The van der Waals surface area contributed by atoms with Crippen molar-refractivity contribution in [3.8, 4) is 0 Å². The number of carbonyl (C=O) groups is 1. The summed E-state index contributed by atoms with van der Waals surface area (Å²) in [6, 6.07) is -0.260. The van der Waals surface area contributed by atoms with E-state index in [-0.39, 0.29) is 24.6 Å². The van der Waals surface area contributed by atoms with E-state index in [9.17, 15) is 4.79 Å². The van der Waals surface area contributed by atoms with Gasteiger partial charge < -0.3 is 20.5 Å². The van der Waals surface area contributed by atoms with E-state index < -0.39 is 0 Å². The molecule has 84 valence electrons. The molecule has 1 amide bonds. The molecule has 0 aromatic rings. The van der Waals surface area contributed by atoms with Gasteiger partial charge in [0.1, 0.15) is 0 Å². The lowest BCUT2D eigenvalue weighted by molar-refractivity contribution is -0.122. The zero-order valence-corrected chi connectivity index (χ0v) is 9.04. The molecule has 0 saturated heterocycles. The molecule has 5 nitrogen and oxygen atoms in total. The van der Waals surface area contributed by atoms with Crippen LogP contribution in [0.3, 0.4) is 0 Å². The first-order chi connectivity index (χ1) is 6.65. The molecule has 0 spiro atoms. The number of amides is 1. The summed E-state index contributed by atoms with van der Waals surface area (Å²) in [5, 5.41) is 14.4. The molecule has 0 aliphatic carbocycles. The summed E-state index contributed by atoms with van der Waals surface area (Å²) in [5.74, 6) is -0.0657. The Balaban J connectivity index is 3.94. The number of hydrogen-bond donors (Lipinski definition) is 3. The molecule has 5 heteroatoms. The van der Waals surface area contributed by atoms with Crippen LogP contribution >= 0.6 is 0 Å². The summed E-state index contributed by atoms with van der Waals surface area (Å²) in [5.41, 5.74) is 0. The van der Waals surface area contributed by atoms with Crippen LogP contribution < -0.4 is 10.6 Å². The maximum Gasteiger partial charge on any atom is 0.236 e. The predicted octanol–water partition coefficient (Wildman–Crippen LogP) is -0.892. The van der Waals surface area contributed by atoms with Crippen molar-refractivity contribution in [2.75, 3.05) is 27.4 Å². The lowest BCUT2D eigenvalue weighted by Crippen LogP contribution is -2.47. The molecule has 0 saturated carbocycles. The first-order valence-corrected chi connectivity index (χ1v) is 4.73. The molecule has 2 unspecified atom stereocenters. The second-order valence-corrected chi connectivity index (χ2v) is 3.17. The standard InChI is InChI=1S/C9H20N2O3/c1-7(9(13)10-2)11-8(4-5-12)6-14-3/h7-8,11-12H,4-6H2,1-3H3,(H,10,13). The van der Waals surface area contributed by atoms with Crippen LogP contribution in [0.15, 0.2) is 0 Å². The van der Waals surface area contributed by atoms with Crippen molar-refractivity contribution in [3.63, 3.8) is 0 Å². The van der Waals surface area contributed by atoms with Gasteiger partial charge >= 0.3 is 0 Å². The summed E-state index contributed by atoms with van der Waals surface area (Å²) in [6.07, 6.45) is 0.579. The highest BCUT2D eigenvalue weighted by molar-refractivity contribution is 5.80. The smallest absolute Gasteiger partial charge is 0.236 e. The third-order valence-electron chi connectivity index (χ3n) is 1.97. The van der Waals surface area contributed by atoms with Gasteiger partial charge in [-0.25, -0.2) is 0 Å². The molecule has 0 aliphatic heterocycles. The van der Waals surface area contributed by atoms with Crippen molar-refractivity contribution in [2.24, 2.45) is 0 Å². The summed E-state index contributed by atoms with van der Waals surface area (Å²) in [4.78, 5) is 11.2. The molecular weight excluding hydrogens is 184 g/mol. The monoisotopic (exact) mass is 204 g/mol. The van der Waals surface area contributed by atoms with E-state index >= 15 is 0 Å². The lowest BCUT2D eigenvalue weighted by Gasteiger charge is -2.20. The molecule has 0 aromatic heterocycles. The second kappa shape index (κ2) is 7.73. The first-order valence-electron chi connectivity index (χ1n) is 4.73. The Bertz CT molecular complexity index is 158. The highest BCUT2D eigenvalue weighted by atomic mass is 16.5. The molecule has 0 bridgehead atoms. The molecule has 14 heavy (non-hydrogen) atoms. The fourth-order valence-corrected chi connectivity index (χ4v) is 1.22. The zero-order chi connectivity index (χ0) is 11.0. The van der Waals surface area contributed by atoms with Crippen molar-refractivity contribution >= 4 is 5.91 Å². The van der Waals surface area contributed by atoms with Crippen LogP contribution in [0, 0.1) is 0 Å². The van der Waals surface area contributed by atoms with Crippen molar-refractivity contribution in [1.82, 2.24) is 10.6 Å². The molecule has 3 N–H and O–H groups in total. The molecule has 0 heterocycles. The number of methoxy groups -OCH3 is 1. The number of rotatable bonds is 7. The minimum Gasteiger partial charge on any atom is -0.396 e. The van der Waals surface area contributed by atoms with Crippen molar-refractivity contribution in [1.29, 1.82) is 0 Å². The Morgan fingerprint density at radius 3 is 2.64 bits per heavy atom. The van der Waals surface area contributed by atoms with Gasteiger partial charge in [-0.2, -0.15) is 0 Å². The minimum absolute atomic E-state index is 0.0114. The van der Waals surface area contributed by atoms with Crippen LogP contribution in [0.2, 0.25) is 0 Å². The van der Waals surface area contributed by atoms with Gasteiger partial charge in [0, 0.05) is 26.8 Å². The number of carbonyl (C=O) groups excluding carboxylic acids is 1. The first kappa shape index (κ1) is 13.4. The van der Waals surface area contributed by atoms with E-state index in [1.807, 2.05) is 0 Å². The molecular formula is C9H20N2O3. The largest absolute Gasteiger partial charge is 0.396 e. The highest BCUT2D eigenvalue weighted by Gasteiger charge is 2.15. The second-order valence-electron chi connectivity index (χ2n) is 3.17. The van der Waals surface area contributed by atoms with Crippen molar-refractivity contribution in [3.05, 3.63) is 0 Å². The van der Waals surface area contributed by atoms with E-state index in [1.165, 1.54) is 0 Å². The molecule has 0 aliphatic rings. The van der Waals surface area contributed by atoms with E-state index in [4.69, 9.17) is 9.84 Å². The van der Waals surface area contributed by atoms with Gasteiger partial charge in [-0.3, -0.25) is 4.79 Å². The Morgan fingerprint density at radius 2 is 2.21 bits per heavy atom. The van der Waals surface area contributed by atoms with Crippen LogP contribution in [0.5, 0.6) is 0 Å². The Morgan fingerprint density at radius 1 is 1.57 bits per heavy atom. The zero-order valence-electron chi connectivity index (χ0n) is 9.04. The van der Waals surface area contributed by atoms with Crippen molar-refractivity contribution < 1.29 is 14.6 Å². The summed E-state index contributed by atoms with van der Waals surface area (Å²) >= 11 is 0. The lowest BCUT2D eigenvalue weighted by atomic mass is 10.2. The SMILES string of the molecule is CNC(=O)C(C)NC(CCO)COC. The topological polar surface area (TPSA) is 70.6 Å². The average Bonchev–Trinajstić information content (AvgIpc) is 2.17. The molecule has 0 rings (SSSR count). The Hall–Kier alpha value is -0.650. The van der Waals surface area contributed by atoms with Crippen LogP contribution in [0.1, 0.15) is 13.3 Å². The van der Waals surface area contributed by atoms with Gasteiger partial charge in [-0.1, -0.05) is 0 Å². The molecule has 0 fully saturated rings. The third-order valence-corrected chi connectivity index (χ3v) is 1.97. The summed E-state index contributed by atoms with van der Waals surface area (Å²) < 4.78 is 4.97. The maximum atomic E-state index is 11.2. The number of ether oxygens (including phenoxy) is 1. The van der Waals surface area contributed by atoms with Crippen LogP contribution in [-0.4, -0.2) is 50.5 Å². The van der Waals surface area contributed by atoms with Crippen LogP contribution in [0.25, 0.3) is 0 Å².